The van der Waals surface area contributed by atoms with E-state index in [9.17, 15) is 0 Å². The van der Waals surface area contributed by atoms with Crippen molar-refractivity contribution in [2.24, 2.45) is 0 Å². The zero-order valence-electron chi connectivity index (χ0n) is 11.2. The van der Waals surface area contributed by atoms with Crippen LogP contribution in [0.3, 0.4) is 0 Å². The normalized spacial score (nSPS) is 10.7. The average molecular weight is 202 g/mol. The lowest BCUT2D eigenvalue weighted by molar-refractivity contribution is 0.185. The van der Waals surface area contributed by atoms with Gasteiger partial charge in [0.25, 0.3) is 0 Å². The SMILES string of the molecule is CCN(C(C)C)C(C)C.CCNCC. The average Bonchev–Trinajstić information content (AvgIpc) is 2.06. The van der Waals surface area contributed by atoms with Crippen molar-refractivity contribution in [1.29, 1.82) is 0 Å². The second-order valence-electron chi connectivity index (χ2n) is 3.98. The van der Waals surface area contributed by atoms with Crippen LogP contribution >= 0.6 is 0 Å². The Labute approximate surface area is 91.1 Å². The van der Waals surface area contributed by atoms with Gasteiger partial charge in [0.1, 0.15) is 0 Å². The Balaban J connectivity index is 0. The minimum atomic E-state index is 0.690. The molecule has 0 aliphatic carbocycles. The van der Waals surface area contributed by atoms with Gasteiger partial charge in [0.15, 0.2) is 0 Å². The monoisotopic (exact) mass is 202 g/mol. The fraction of sp³-hybridized carbons (Fsp3) is 1.00. The largest absolute Gasteiger partial charge is 0.317 e. The molecule has 0 fully saturated rings. The first kappa shape index (κ1) is 16.4. The first-order chi connectivity index (χ1) is 6.51. The fourth-order valence-electron chi connectivity index (χ4n) is 1.58. The summed E-state index contributed by atoms with van der Waals surface area (Å²) in [7, 11) is 0. The molecule has 2 nitrogen and oxygen atoms in total. The molecule has 0 aromatic rings. The maximum absolute atomic E-state index is 3.11. The third-order valence-corrected chi connectivity index (χ3v) is 2.19. The summed E-state index contributed by atoms with van der Waals surface area (Å²) in [5.74, 6) is 0. The Kier molecular flexibility index (Phi) is 12.8. The van der Waals surface area contributed by atoms with Crippen LogP contribution in [0, 0.1) is 0 Å². The number of nitrogens with one attached hydrogen (secondary N) is 1. The standard InChI is InChI=1S/C8H19N.C4H11N/c1-6-9(7(2)3)8(4)5;1-3-5-4-2/h7-8H,6H2,1-5H3;5H,3-4H2,1-2H3. The lowest BCUT2D eigenvalue weighted by Crippen LogP contribution is -2.36. The summed E-state index contributed by atoms with van der Waals surface area (Å²) in [5, 5.41) is 3.11. The van der Waals surface area contributed by atoms with Gasteiger partial charge in [-0.05, 0) is 47.3 Å². The molecule has 88 valence electrons. The fourth-order valence-corrected chi connectivity index (χ4v) is 1.58. The van der Waals surface area contributed by atoms with Crippen LogP contribution in [0.1, 0.15) is 48.5 Å². The van der Waals surface area contributed by atoms with E-state index >= 15 is 0 Å². The molecule has 0 amide bonds. The quantitative estimate of drug-likeness (QED) is 0.737. The zero-order chi connectivity index (χ0) is 11.6. The van der Waals surface area contributed by atoms with E-state index in [-0.39, 0.29) is 0 Å². The van der Waals surface area contributed by atoms with Gasteiger partial charge < -0.3 is 5.32 Å². The maximum Gasteiger partial charge on any atom is 0.00411 e. The predicted molar refractivity (Wildman–Crippen MR) is 66.9 cm³/mol. The molecule has 0 aliphatic heterocycles. The Bertz CT molecular complexity index is 90.5. The molecule has 1 N–H and O–H groups in total. The molecule has 0 rings (SSSR count). The first-order valence-corrected chi connectivity index (χ1v) is 5.97. The highest BCUT2D eigenvalue weighted by molar-refractivity contribution is 4.64. The van der Waals surface area contributed by atoms with Gasteiger partial charge in [-0.2, -0.15) is 0 Å². The van der Waals surface area contributed by atoms with Crippen LogP contribution in [0.5, 0.6) is 0 Å². The van der Waals surface area contributed by atoms with Crippen molar-refractivity contribution in [1.82, 2.24) is 10.2 Å². The Morgan fingerprint density at radius 2 is 1.21 bits per heavy atom. The molecule has 0 heterocycles. The molecule has 2 heteroatoms. The van der Waals surface area contributed by atoms with Crippen molar-refractivity contribution in [2.45, 2.75) is 60.5 Å². The van der Waals surface area contributed by atoms with Gasteiger partial charge in [-0.15, -0.1) is 0 Å². The highest BCUT2D eigenvalue weighted by Crippen LogP contribution is 2.02. The van der Waals surface area contributed by atoms with E-state index in [1.165, 1.54) is 0 Å². The van der Waals surface area contributed by atoms with E-state index in [4.69, 9.17) is 0 Å². The number of hydrogen-bond donors (Lipinski definition) is 1. The van der Waals surface area contributed by atoms with Crippen molar-refractivity contribution in [3.63, 3.8) is 0 Å². The molecular formula is C12H30N2. The lowest BCUT2D eigenvalue weighted by Gasteiger charge is -2.28. The molecule has 0 aromatic heterocycles. The van der Waals surface area contributed by atoms with Gasteiger partial charge in [0.2, 0.25) is 0 Å². The van der Waals surface area contributed by atoms with E-state index in [1.807, 2.05) is 0 Å². The summed E-state index contributed by atoms with van der Waals surface area (Å²) in [5.41, 5.74) is 0. The van der Waals surface area contributed by atoms with Crippen LogP contribution in [-0.4, -0.2) is 36.6 Å². The third-order valence-electron chi connectivity index (χ3n) is 2.19. The molecule has 14 heavy (non-hydrogen) atoms. The third kappa shape index (κ3) is 10.0. The minimum absolute atomic E-state index is 0.690. The molecule has 0 bridgehead atoms. The van der Waals surface area contributed by atoms with E-state index < -0.39 is 0 Å². The molecule has 0 atom stereocenters. The highest BCUT2D eigenvalue weighted by Gasteiger charge is 2.08. The smallest absolute Gasteiger partial charge is 0.00411 e. The van der Waals surface area contributed by atoms with Crippen LogP contribution in [0.25, 0.3) is 0 Å². The van der Waals surface area contributed by atoms with Crippen molar-refractivity contribution in [3.8, 4) is 0 Å². The van der Waals surface area contributed by atoms with Crippen molar-refractivity contribution in [3.05, 3.63) is 0 Å². The van der Waals surface area contributed by atoms with Gasteiger partial charge in [-0.3, -0.25) is 4.90 Å². The van der Waals surface area contributed by atoms with E-state index in [1.54, 1.807) is 0 Å². The van der Waals surface area contributed by atoms with Crippen LogP contribution in [0.2, 0.25) is 0 Å². The molecular weight excluding hydrogens is 172 g/mol. The van der Waals surface area contributed by atoms with Gasteiger partial charge in [-0.1, -0.05) is 20.8 Å². The summed E-state index contributed by atoms with van der Waals surface area (Å²) < 4.78 is 0. The molecule has 0 aliphatic rings. The van der Waals surface area contributed by atoms with Crippen LogP contribution < -0.4 is 5.32 Å². The topological polar surface area (TPSA) is 15.3 Å². The summed E-state index contributed by atoms with van der Waals surface area (Å²) in [4.78, 5) is 2.46. The van der Waals surface area contributed by atoms with Crippen LogP contribution in [0.15, 0.2) is 0 Å². The maximum atomic E-state index is 3.11. The second kappa shape index (κ2) is 11.0. The van der Waals surface area contributed by atoms with Crippen molar-refractivity contribution in [2.75, 3.05) is 19.6 Å². The van der Waals surface area contributed by atoms with E-state index in [0.717, 1.165) is 19.6 Å². The predicted octanol–water partition coefficient (Wildman–Crippen LogP) is 2.74. The molecule has 0 unspecified atom stereocenters. The molecule has 0 radical (unpaired) electrons. The van der Waals surface area contributed by atoms with Crippen LogP contribution in [0.4, 0.5) is 0 Å². The van der Waals surface area contributed by atoms with Gasteiger partial charge in [-0.25, -0.2) is 0 Å². The summed E-state index contributed by atoms with van der Waals surface area (Å²) in [6.07, 6.45) is 0. The number of hydrogen-bond acceptors (Lipinski definition) is 2. The summed E-state index contributed by atoms with van der Waals surface area (Å²) in [6, 6.07) is 1.38. The van der Waals surface area contributed by atoms with Gasteiger partial charge >= 0.3 is 0 Å². The number of rotatable bonds is 5. The van der Waals surface area contributed by atoms with Crippen molar-refractivity contribution >= 4 is 0 Å². The Morgan fingerprint density at radius 1 is 0.857 bits per heavy atom. The second-order valence-corrected chi connectivity index (χ2v) is 3.98. The molecule has 0 aromatic carbocycles. The Hall–Kier alpha value is -0.0800. The Morgan fingerprint density at radius 3 is 1.21 bits per heavy atom. The van der Waals surface area contributed by atoms with Gasteiger partial charge in [0.05, 0.1) is 0 Å². The van der Waals surface area contributed by atoms with E-state index in [0.29, 0.717) is 12.1 Å². The minimum Gasteiger partial charge on any atom is -0.317 e. The number of nitrogens with zero attached hydrogens (tertiary/aromatic N) is 1. The summed E-state index contributed by atoms with van der Waals surface area (Å²) >= 11 is 0. The molecule has 0 saturated carbocycles. The summed E-state index contributed by atoms with van der Waals surface area (Å²) in [6.45, 7) is 18.7. The molecule has 0 saturated heterocycles. The zero-order valence-corrected chi connectivity index (χ0v) is 11.2. The van der Waals surface area contributed by atoms with Crippen LogP contribution in [-0.2, 0) is 0 Å². The van der Waals surface area contributed by atoms with E-state index in [2.05, 4.69) is 58.7 Å². The van der Waals surface area contributed by atoms with Crippen molar-refractivity contribution < 1.29 is 0 Å². The van der Waals surface area contributed by atoms with Gasteiger partial charge in [0, 0.05) is 12.1 Å². The first-order valence-electron chi connectivity index (χ1n) is 5.97. The highest BCUT2D eigenvalue weighted by atomic mass is 15.2. The molecule has 0 spiro atoms. The lowest BCUT2D eigenvalue weighted by atomic mass is 10.2.